The average Bonchev–Trinajstić information content (AvgIpc) is 2.53. The Morgan fingerprint density at radius 3 is 2.67 bits per heavy atom. The van der Waals surface area contributed by atoms with Crippen molar-refractivity contribution in [2.75, 3.05) is 0 Å². The van der Waals surface area contributed by atoms with Gasteiger partial charge in [-0.25, -0.2) is 4.68 Å². The van der Waals surface area contributed by atoms with Crippen LogP contribution in [0.2, 0.25) is 0 Å². The SMILES string of the molecule is CC(C)NC(=O)C(C)OC(=O)CCn1nnc2ccccc2c1=O. The predicted octanol–water partition coefficient (Wildman–Crippen LogP) is 0.638. The topological polar surface area (TPSA) is 103 Å². The molecule has 0 fully saturated rings. The molecule has 8 heteroatoms. The zero-order valence-electron chi connectivity index (χ0n) is 13.9. The van der Waals surface area contributed by atoms with Gasteiger partial charge in [0.25, 0.3) is 11.5 Å². The summed E-state index contributed by atoms with van der Waals surface area (Å²) in [5, 5.41) is 10.8. The van der Waals surface area contributed by atoms with Gasteiger partial charge in [0.05, 0.1) is 18.4 Å². The third-order valence-corrected chi connectivity index (χ3v) is 3.27. The number of aromatic nitrogens is 3. The van der Waals surface area contributed by atoms with Gasteiger partial charge in [0.2, 0.25) is 0 Å². The van der Waals surface area contributed by atoms with Gasteiger partial charge in [0, 0.05) is 6.04 Å². The summed E-state index contributed by atoms with van der Waals surface area (Å²) in [6.45, 7) is 5.17. The third kappa shape index (κ3) is 4.37. The first-order chi connectivity index (χ1) is 11.4. The van der Waals surface area contributed by atoms with Crippen LogP contribution in [-0.4, -0.2) is 39.0 Å². The lowest BCUT2D eigenvalue weighted by molar-refractivity contribution is -0.155. The zero-order valence-corrected chi connectivity index (χ0v) is 13.9. The summed E-state index contributed by atoms with van der Waals surface area (Å²) in [5.41, 5.74) is 0.180. The molecule has 0 aliphatic carbocycles. The zero-order chi connectivity index (χ0) is 17.7. The molecule has 0 radical (unpaired) electrons. The molecule has 2 aromatic rings. The molecule has 0 bridgehead atoms. The summed E-state index contributed by atoms with van der Waals surface area (Å²) < 4.78 is 6.16. The minimum Gasteiger partial charge on any atom is -0.452 e. The molecule has 0 saturated heterocycles. The van der Waals surface area contributed by atoms with E-state index in [1.165, 1.54) is 6.92 Å². The van der Waals surface area contributed by atoms with Crippen molar-refractivity contribution in [1.29, 1.82) is 0 Å². The summed E-state index contributed by atoms with van der Waals surface area (Å²) in [7, 11) is 0. The number of aryl methyl sites for hydroxylation is 1. The fourth-order valence-corrected chi connectivity index (χ4v) is 2.08. The minimum absolute atomic E-state index is 0.0357. The van der Waals surface area contributed by atoms with Crippen molar-refractivity contribution in [2.24, 2.45) is 0 Å². The Balaban J connectivity index is 1.96. The lowest BCUT2D eigenvalue weighted by Crippen LogP contribution is -2.39. The van der Waals surface area contributed by atoms with Crippen molar-refractivity contribution in [2.45, 2.75) is 45.9 Å². The van der Waals surface area contributed by atoms with Crippen LogP contribution >= 0.6 is 0 Å². The maximum Gasteiger partial charge on any atom is 0.308 e. The van der Waals surface area contributed by atoms with Gasteiger partial charge in [-0.05, 0) is 32.9 Å². The van der Waals surface area contributed by atoms with E-state index in [9.17, 15) is 14.4 Å². The molecule has 8 nitrogen and oxygen atoms in total. The van der Waals surface area contributed by atoms with Gasteiger partial charge >= 0.3 is 5.97 Å². The van der Waals surface area contributed by atoms with E-state index in [0.717, 1.165) is 4.68 Å². The van der Waals surface area contributed by atoms with Gasteiger partial charge in [-0.15, -0.1) is 5.10 Å². The molecule has 0 aliphatic rings. The number of carbonyl (C=O) groups is 2. The molecule has 1 N–H and O–H groups in total. The molecule has 128 valence electrons. The Morgan fingerprint density at radius 1 is 1.25 bits per heavy atom. The third-order valence-electron chi connectivity index (χ3n) is 3.27. The van der Waals surface area contributed by atoms with E-state index < -0.39 is 12.1 Å². The Bertz CT molecular complexity index is 800. The first-order valence-electron chi connectivity index (χ1n) is 7.71. The normalized spacial score (nSPS) is 12.2. The number of esters is 1. The van der Waals surface area contributed by atoms with Crippen LogP contribution in [0, 0.1) is 0 Å². The maximum absolute atomic E-state index is 12.2. The molecular formula is C16H20N4O4. The summed E-state index contributed by atoms with van der Waals surface area (Å²) in [5.74, 6) is -0.940. The number of fused-ring (bicyclic) bond motifs is 1. The molecule has 0 aliphatic heterocycles. The van der Waals surface area contributed by atoms with Gasteiger partial charge in [0.1, 0.15) is 5.52 Å². The molecule has 1 aromatic heterocycles. The van der Waals surface area contributed by atoms with E-state index in [-0.39, 0.29) is 30.5 Å². The van der Waals surface area contributed by atoms with Crippen LogP contribution in [0.15, 0.2) is 29.1 Å². The highest BCUT2D eigenvalue weighted by atomic mass is 16.5. The number of benzene rings is 1. The standard InChI is InChI=1S/C16H20N4O4/c1-10(2)17-15(22)11(3)24-14(21)8-9-20-16(23)12-6-4-5-7-13(12)18-19-20/h4-7,10-11H,8-9H2,1-3H3,(H,17,22). The quantitative estimate of drug-likeness (QED) is 0.779. The Kier molecular flexibility index (Phi) is 5.62. The fourth-order valence-electron chi connectivity index (χ4n) is 2.08. The van der Waals surface area contributed by atoms with Crippen LogP contribution in [0.3, 0.4) is 0 Å². The molecule has 1 unspecified atom stereocenters. The van der Waals surface area contributed by atoms with Crippen molar-refractivity contribution in [3.05, 3.63) is 34.6 Å². The maximum atomic E-state index is 12.2. The summed E-state index contributed by atoms with van der Waals surface area (Å²) in [6.07, 6.45) is -0.967. The van der Waals surface area contributed by atoms with Crippen molar-refractivity contribution in [3.63, 3.8) is 0 Å². The monoisotopic (exact) mass is 332 g/mol. The largest absolute Gasteiger partial charge is 0.452 e. The first-order valence-corrected chi connectivity index (χ1v) is 7.71. The van der Waals surface area contributed by atoms with Crippen molar-refractivity contribution < 1.29 is 14.3 Å². The van der Waals surface area contributed by atoms with E-state index in [4.69, 9.17) is 4.74 Å². The van der Waals surface area contributed by atoms with Gasteiger partial charge in [0.15, 0.2) is 6.10 Å². The number of nitrogens with zero attached hydrogens (tertiary/aromatic N) is 3. The smallest absolute Gasteiger partial charge is 0.308 e. The number of hydrogen-bond donors (Lipinski definition) is 1. The first kappa shape index (κ1) is 17.6. The molecular weight excluding hydrogens is 312 g/mol. The number of nitrogens with one attached hydrogen (secondary N) is 1. The Morgan fingerprint density at radius 2 is 1.96 bits per heavy atom. The van der Waals surface area contributed by atoms with Crippen LogP contribution in [0.5, 0.6) is 0 Å². The molecule has 2 rings (SSSR count). The second-order valence-electron chi connectivity index (χ2n) is 5.68. The molecule has 0 spiro atoms. The molecule has 24 heavy (non-hydrogen) atoms. The Hall–Kier alpha value is -2.77. The van der Waals surface area contributed by atoms with E-state index in [0.29, 0.717) is 10.9 Å². The highest BCUT2D eigenvalue weighted by molar-refractivity contribution is 5.83. The number of carbonyl (C=O) groups excluding carboxylic acids is 2. The van der Waals surface area contributed by atoms with Crippen LogP contribution < -0.4 is 10.9 Å². The van der Waals surface area contributed by atoms with Crippen molar-refractivity contribution in [3.8, 4) is 0 Å². The second-order valence-corrected chi connectivity index (χ2v) is 5.68. The van der Waals surface area contributed by atoms with E-state index in [2.05, 4.69) is 15.6 Å². The van der Waals surface area contributed by atoms with Crippen LogP contribution in [0.25, 0.3) is 10.9 Å². The number of ether oxygens (including phenoxy) is 1. The van der Waals surface area contributed by atoms with Crippen LogP contribution in [-0.2, 0) is 20.9 Å². The van der Waals surface area contributed by atoms with E-state index in [1.54, 1.807) is 24.3 Å². The van der Waals surface area contributed by atoms with Gasteiger partial charge in [-0.3, -0.25) is 14.4 Å². The number of rotatable bonds is 6. The molecule has 1 atom stereocenters. The average molecular weight is 332 g/mol. The lowest BCUT2D eigenvalue weighted by atomic mass is 10.2. The van der Waals surface area contributed by atoms with Gasteiger partial charge in [-0.1, -0.05) is 17.3 Å². The van der Waals surface area contributed by atoms with Crippen molar-refractivity contribution >= 4 is 22.8 Å². The highest BCUT2D eigenvalue weighted by Gasteiger charge is 2.18. The van der Waals surface area contributed by atoms with Crippen molar-refractivity contribution in [1.82, 2.24) is 20.3 Å². The summed E-state index contributed by atoms with van der Waals surface area (Å²) in [6, 6.07) is 6.81. The Labute approximate surface area is 138 Å². The molecule has 0 saturated carbocycles. The predicted molar refractivity (Wildman–Crippen MR) is 87.2 cm³/mol. The summed E-state index contributed by atoms with van der Waals surface area (Å²) >= 11 is 0. The van der Waals surface area contributed by atoms with Gasteiger partial charge < -0.3 is 10.1 Å². The van der Waals surface area contributed by atoms with E-state index in [1.807, 2.05) is 13.8 Å². The molecule has 1 aromatic carbocycles. The minimum atomic E-state index is -0.890. The number of hydrogen-bond acceptors (Lipinski definition) is 6. The fraction of sp³-hybridized carbons (Fsp3) is 0.438. The lowest BCUT2D eigenvalue weighted by Gasteiger charge is -2.15. The second kappa shape index (κ2) is 7.67. The molecule has 1 amide bonds. The summed E-state index contributed by atoms with van der Waals surface area (Å²) in [4.78, 5) is 35.8. The van der Waals surface area contributed by atoms with Crippen LogP contribution in [0.4, 0.5) is 0 Å². The van der Waals surface area contributed by atoms with Crippen LogP contribution in [0.1, 0.15) is 27.2 Å². The van der Waals surface area contributed by atoms with E-state index >= 15 is 0 Å². The highest BCUT2D eigenvalue weighted by Crippen LogP contribution is 2.04. The number of amides is 1. The van der Waals surface area contributed by atoms with Gasteiger partial charge in [-0.2, -0.15) is 0 Å². The molecule has 1 heterocycles.